The molecule has 2 N–H and O–H groups in total. The Morgan fingerprint density at radius 2 is 0.696 bits per heavy atom. The van der Waals surface area contributed by atoms with Gasteiger partial charge in [0.2, 0.25) is 0 Å². The molecule has 12 nitrogen and oxygen atoms in total. The third kappa shape index (κ3) is 6.18. The molecule has 5 heterocycles. The average Bonchev–Trinajstić information content (AvgIpc) is 3.95. The summed E-state index contributed by atoms with van der Waals surface area (Å²) in [4.78, 5) is 37.5. The summed E-state index contributed by atoms with van der Waals surface area (Å²) in [6.45, 7) is 16.6. The zero-order chi connectivity index (χ0) is 38.2. The van der Waals surface area contributed by atoms with Gasteiger partial charge in [-0.3, -0.25) is 0 Å². The maximum Gasteiger partial charge on any atom is 0.164 e. The number of H-pyrrole nitrogens is 2. The van der Waals surface area contributed by atoms with Crippen molar-refractivity contribution in [3.05, 3.63) is 123 Å². The number of nitrogens with zero attached hydrogens (tertiary/aromatic N) is 6. The van der Waals surface area contributed by atoms with E-state index in [2.05, 4.69) is 36.3 Å². The van der Waals surface area contributed by atoms with E-state index in [4.69, 9.17) is 48.9 Å². The van der Waals surface area contributed by atoms with Crippen LogP contribution in [-0.4, -0.2) is 66.3 Å². The summed E-state index contributed by atoms with van der Waals surface area (Å²) in [6, 6.07) is 23.0. The zero-order valence-corrected chi connectivity index (χ0v) is 30.2. The van der Waals surface area contributed by atoms with Crippen molar-refractivity contribution in [2.24, 2.45) is 0 Å². The highest BCUT2D eigenvalue weighted by atomic mass is 16.5. The van der Waals surface area contributed by atoms with E-state index in [1.807, 2.05) is 72.8 Å². The first-order valence-electron chi connectivity index (χ1n) is 17.9. The highest BCUT2D eigenvalue weighted by Crippen LogP contribution is 2.40. The maximum absolute atomic E-state index is 5.94. The monoisotopic (exact) mass is 738 g/mol. The molecule has 0 aliphatic carbocycles. The summed E-state index contributed by atoms with van der Waals surface area (Å²) >= 11 is 0. The third-order valence-corrected chi connectivity index (χ3v) is 9.19. The molecule has 56 heavy (non-hydrogen) atoms. The fourth-order valence-corrected chi connectivity index (χ4v) is 6.69. The number of fused-ring (bicyclic) bond motifs is 20. The first-order valence-corrected chi connectivity index (χ1v) is 17.9. The highest BCUT2D eigenvalue weighted by molar-refractivity contribution is 6.07. The van der Waals surface area contributed by atoms with Crippen molar-refractivity contribution in [3.8, 4) is 68.5 Å². The Morgan fingerprint density at radius 3 is 1.07 bits per heavy atom. The van der Waals surface area contributed by atoms with Crippen LogP contribution in [0, 0.1) is 0 Å². The summed E-state index contributed by atoms with van der Waals surface area (Å²) in [5.74, 6) is 4.39. The summed E-state index contributed by atoms with van der Waals surface area (Å²) in [7, 11) is 0. The molecule has 0 saturated heterocycles. The Morgan fingerprint density at radius 1 is 0.375 bits per heavy atom. The Labute approximate surface area is 320 Å². The molecule has 0 spiro atoms. The zero-order valence-electron chi connectivity index (χ0n) is 30.2. The van der Waals surface area contributed by atoms with Crippen molar-refractivity contribution in [1.29, 1.82) is 0 Å². The van der Waals surface area contributed by atoms with E-state index in [1.54, 1.807) is 24.3 Å². The van der Waals surface area contributed by atoms with Gasteiger partial charge in [0.05, 0.1) is 0 Å². The Balaban J connectivity index is 1.40. The lowest BCUT2D eigenvalue weighted by Crippen LogP contribution is -1.93. The smallest absolute Gasteiger partial charge is 0.164 e. The molecule has 0 fully saturated rings. The van der Waals surface area contributed by atoms with Gasteiger partial charge in [-0.2, -0.15) is 0 Å². The van der Waals surface area contributed by atoms with E-state index in [1.165, 1.54) is 0 Å². The fourth-order valence-electron chi connectivity index (χ4n) is 6.69. The van der Waals surface area contributed by atoms with E-state index in [9.17, 15) is 0 Å². The van der Waals surface area contributed by atoms with Gasteiger partial charge in [0, 0.05) is 43.8 Å². The SMILES string of the molecule is C=CCOc1ccc2c(c1)-c1nc-2nc2[nH]c(nc3nc(nc4[nH]c(n1)c1ccc(OCC=C)cc41)-c1cc(OCC=C)ccc1-3)c1cc(OCC=C)ccc21. The lowest BCUT2D eigenvalue weighted by atomic mass is 10.1. The van der Waals surface area contributed by atoms with Crippen LogP contribution >= 0.6 is 0 Å². The van der Waals surface area contributed by atoms with Crippen molar-refractivity contribution < 1.29 is 18.9 Å². The first-order chi connectivity index (χ1) is 27.5. The lowest BCUT2D eigenvalue weighted by molar-refractivity contribution is 0.363. The van der Waals surface area contributed by atoms with Crippen molar-refractivity contribution in [2.75, 3.05) is 26.4 Å². The standard InChI is InChI=1S/C44H34N8O4/c1-5-17-53-25-9-13-29-33(21-25)41-46-37(29)45-38-30-14-10-26(54-18-6-2)22-34(30)42(47-38)49-40-32-16-12-28(56-20-8-4)24-36(32)44(51-40)52-43-35-23-27(55-19-7-3)11-15-31(35)39(48-41)50-43/h5-16,21-24H,1-4,17-20H2,(H2,45,46,47,48,49,50,51,52). The number of ether oxygens (including phenoxy) is 4. The molecule has 8 bridgehead atoms. The predicted molar refractivity (Wildman–Crippen MR) is 219 cm³/mol. The quantitative estimate of drug-likeness (QED) is 0.116. The average molecular weight is 739 g/mol. The van der Waals surface area contributed by atoms with E-state index in [0.717, 1.165) is 43.8 Å². The summed E-state index contributed by atoms with van der Waals surface area (Å²) in [5.41, 5.74) is 5.20. The number of aromatic amines is 2. The summed E-state index contributed by atoms with van der Waals surface area (Å²) in [5, 5.41) is 3.17. The Kier molecular flexibility index (Phi) is 8.75. The van der Waals surface area contributed by atoms with E-state index in [0.29, 0.717) is 95.3 Å². The number of hydrogen-bond donors (Lipinski definition) is 2. The van der Waals surface area contributed by atoms with Crippen LogP contribution in [0.1, 0.15) is 0 Å². The second-order valence-corrected chi connectivity index (χ2v) is 12.8. The number of nitrogens with one attached hydrogen (secondary N) is 2. The van der Waals surface area contributed by atoms with Crippen LogP contribution in [0.4, 0.5) is 0 Å². The molecular weight excluding hydrogens is 705 g/mol. The van der Waals surface area contributed by atoms with Gasteiger partial charge in [0.1, 0.15) is 72.0 Å². The van der Waals surface area contributed by atoms with Crippen LogP contribution < -0.4 is 18.9 Å². The van der Waals surface area contributed by atoms with Crippen molar-refractivity contribution in [1.82, 2.24) is 39.9 Å². The Hall–Kier alpha value is -7.60. The van der Waals surface area contributed by atoms with Gasteiger partial charge in [-0.25, -0.2) is 29.9 Å². The minimum absolute atomic E-state index is 0.341. The molecule has 7 aromatic rings. The molecule has 3 aromatic heterocycles. The van der Waals surface area contributed by atoms with E-state index in [-0.39, 0.29) is 0 Å². The molecule has 4 aromatic carbocycles. The summed E-state index contributed by atoms with van der Waals surface area (Å²) in [6.07, 6.45) is 6.80. The Bertz CT molecular complexity index is 2930. The third-order valence-electron chi connectivity index (χ3n) is 9.19. The molecule has 9 rings (SSSR count). The van der Waals surface area contributed by atoms with Crippen molar-refractivity contribution in [3.63, 3.8) is 0 Å². The van der Waals surface area contributed by atoms with Gasteiger partial charge in [-0.05, 0) is 72.8 Å². The molecule has 2 aliphatic heterocycles. The molecule has 0 radical (unpaired) electrons. The molecule has 2 aliphatic rings. The second-order valence-electron chi connectivity index (χ2n) is 12.8. The van der Waals surface area contributed by atoms with Crippen molar-refractivity contribution in [2.45, 2.75) is 0 Å². The molecule has 0 unspecified atom stereocenters. The minimum atomic E-state index is 0.341. The van der Waals surface area contributed by atoms with Crippen LogP contribution in [-0.2, 0) is 0 Å². The lowest BCUT2D eigenvalue weighted by Gasteiger charge is -2.05. The minimum Gasteiger partial charge on any atom is -0.490 e. The second kappa shape index (κ2) is 14.3. The number of hydrogen-bond acceptors (Lipinski definition) is 10. The van der Waals surface area contributed by atoms with Crippen LogP contribution in [0.3, 0.4) is 0 Å². The molecular formula is C44H34N8O4. The van der Waals surface area contributed by atoms with Crippen LogP contribution in [0.2, 0.25) is 0 Å². The number of benzene rings is 4. The first kappa shape index (κ1) is 34.2. The summed E-state index contributed by atoms with van der Waals surface area (Å²) < 4.78 is 23.7. The maximum atomic E-state index is 5.94. The number of aromatic nitrogens is 8. The van der Waals surface area contributed by atoms with Gasteiger partial charge in [0.15, 0.2) is 23.3 Å². The molecule has 0 amide bonds. The van der Waals surface area contributed by atoms with Gasteiger partial charge < -0.3 is 28.9 Å². The van der Waals surface area contributed by atoms with Gasteiger partial charge in [-0.1, -0.05) is 50.6 Å². The van der Waals surface area contributed by atoms with Crippen LogP contribution in [0.25, 0.3) is 89.7 Å². The number of rotatable bonds is 12. The molecule has 12 heteroatoms. The largest absolute Gasteiger partial charge is 0.490 e. The van der Waals surface area contributed by atoms with Crippen molar-refractivity contribution >= 4 is 44.1 Å². The fraction of sp³-hybridized carbons (Fsp3) is 0.0909. The van der Waals surface area contributed by atoms with Gasteiger partial charge in [0.25, 0.3) is 0 Å². The van der Waals surface area contributed by atoms with Crippen LogP contribution in [0.15, 0.2) is 123 Å². The van der Waals surface area contributed by atoms with Crippen LogP contribution in [0.5, 0.6) is 23.0 Å². The molecule has 0 atom stereocenters. The predicted octanol–water partition coefficient (Wildman–Crippen LogP) is 9.13. The normalized spacial score (nSPS) is 11.4. The van der Waals surface area contributed by atoms with Gasteiger partial charge >= 0.3 is 0 Å². The van der Waals surface area contributed by atoms with E-state index < -0.39 is 0 Å². The van der Waals surface area contributed by atoms with Gasteiger partial charge in [-0.15, -0.1) is 0 Å². The molecule has 274 valence electrons. The van der Waals surface area contributed by atoms with E-state index >= 15 is 0 Å². The molecule has 0 saturated carbocycles. The highest BCUT2D eigenvalue weighted by Gasteiger charge is 2.24. The topological polar surface area (TPSA) is 146 Å².